The fraction of sp³-hybridized carbons (Fsp3) is 0.632. The van der Waals surface area contributed by atoms with Gasteiger partial charge in [0.05, 0.1) is 17.3 Å². The summed E-state index contributed by atoms with van der Waals surface area (Å²) in [4.78, 5) is 15.6. The van der Waals surface area contributed by atoms with E-state index in [0.717, 1.165) is 5.39 Å². The number of aryl methyl sites for hydroxylation is 1. The Bertz CT molecular complexity index is 716. The molecule has 2 atom stereocenters. The molecule has 0 unspecified atom stereocenters. The van der Waals surface area contributed by atoms with Gasteiger partial charge in [-0.2, -0.15) is 5.10 Å². The Labute approximate surface area is 156 Å². The topological polar surface area (TPSA) is 106 Å². The number of rotatable bonds is 6. The molecule has 146 valence electrons. The first-order valence-electron chi connectivity index (χ1n) is 9.19. The number of hydrogen-bond acceptors (Lipinski definition) is 5. The summed E-state index contributed by atoms with van der Waals surface area (Å²) in [7, 11) is 0. The summed E-state index contributed by atoms with van der Waals surface area (Å²) in [5.74, 6) is 0.0354. The van der Waals surface area contributed by atoms with Crippen molar-refractivity contribution in [1.29, 1.82) is 0 Å². The van der Waals surface area contributed by atoms with Crippen molar-refractivity contribution in [3.63, 3.8) is 0 Å². The zero-order valence-electron chi connectivity index (χ0n) is 16.9. The average Bonchev–Trinajstić information content (AvgIpc) is 2.98. The number of pyridine rings is 1. The first-order valence-corrected chi connectivity index (χ1v) is 9.19. The van der Waals surface area contributed by atoms with E-state index >= 15 is 0 Å². The maximum atomic E-state index is 11.4. The second-order valence-electron chi connectivity index (χ2n) is 7.33. The summed E-state index contributed by atoms with van der Waals surface area (Å²) in [6.07, 6.45) is 3.07. The van der Waals surface area contributed by atoms with Gasteiger partial charge in [-0.1, -0.05) is 27.7 Å². The SMILES string of the molecule is CC(C)[C@@H](C)N.CCn1ncc2c(N[C@H](C)C(C)C)c(C(=O)O)cnc21. The van der Waals surface area contributed by atoms with Crippen LogP contribution >= 0.6 is 0 Å². The highest BCUT2D eigenvalue weighted by atomic mass is 16.4. The molecule has 0 amide bonds. The van der Waals surface area contributed by atoms with Crippen LogP contribution in [-0.2, 0) is 6.54 Å². The number of nitrogens with two attached hydrogens (primary N) is 1. The Kier molecular flexibility index (Phi) is 8.02. The van der Waals surface area contributed by atoms with E-state index in [-0.39, 0.29) is 11.6 Å². The number of aromatic carboxylic acids is 1. The van der Waals surface area contributed by atoms with Crippen LogP contribution in [0.4, 0.5) is 5.69 Å². The monoisotopic (exact) mass is 363 g/mol. The van der Waals surface area contributed by atoms with Crippen LogP contribution in [0.2, 0.25) is 0 Å². The van der Waals surface area contributed by atoms with Crippen molar-refractivity contribution in [3.8, 4) is 0 Å². The summed E-state index contributed by atoms with van der Waals surface area (Å²) < 4.78 is 1.76. The number of fused-ring (bicyclic) bond motifs is 1. The Balaban J connectivity index is 0.000000487. The first-order chi connectivity index (χ1) is 12.1. The number of nitrogens with one attached hydrogen (secondary N) is 1. The maximum Gasteiger partial charge on any atom is 0.339 e. The van der Waals surface area contributed by atoms with Gasteiger partial charge in [-0.05, 0) is 32.6 Å². The zero-order chi connectivity index (χ0) is 20.0. The summed E-state index contributed by atoms with van der Waals surface area (Å²) >= 11 is 0. The molecule has 2 rings (SSSR count). The molecule has 0 aliphatic rings. The standard InChI is InChI=1S/C14H20N4O2.C5H13N/c1-5-18-13-10(7-16-18)12(17-9(4)8(2)3)11(6-15-13)14(19)20;1-4(2)5(3)6/h6-9H,5H2,1-4H3,(H,15,17)(H,19,20);4-5H,6H2,1-3H3/t9-;5-/m11/s1. The minimum absolute atomic E-state index is 0.156. The Morgan fingerprint density at radius 2 is 1.77 bits per heavy atom. The third-order valence-corrected chi connectivity index (χ3v) is 4.62. The van der Waals surface area contributed by atoms with Crippen molar-refractivity contribution in [2.24, 2.45) is 17.6 Å². The summed E-state index contributed by atoms with van der Waals surface area (Å²) in [6, 6.07) is 0.508. The van der Waals surface area contributed by atoms with E-state index in [2.05, 4.69) is 43.1 Å². The van der Waals surface area contributed by atoms with Crippen molar-refractivity contribution in [2.45, 2.75) is 67.1 Å². The molecule has 0 bridgehead atoms. The van der Waals surface area contributed by atoms with Gasteiger partial charge in [-0.25, -0.2) is 14.5 Å². The van der Waals surface area contributed by atoms with Gasteiger partial charge in [-0.3, -0.25) is 0 Å². The van der Waals surface area contributed by atoms with Crippen LogP contribution < -0.4 is 11.1 Å². The number of carboxylic acids is 1. The molecule has 2 aromatic heterocycles. The van der Waals surface area contributed by atoms with Crippen molar-refractivity contribution in [1.82, 2.24) is 14.8 Å². The molecule has 26 heavy (non-hydrogen) atoms. The molecule has 0 saturated heterocycles. The van der Waals surface area contributed by atoms with Crippen LogP contribution in [0, 0.1) is 11.8 Å². The number of hydrogen-bond donors (Lipinski definition) is 3. The molecule has 0 aliphatic heterocycles. The van der Waals surface area contributed by atoms with Gasteiger partial charge in [0.2, 0.25) is 0 Å². The third kappa shape index (κ3) is 5.42. The molecule has 0 saturated carbocycles. The largest absolute Gasteiger partial charge is 0.478 e. The molecule has 7 nitrogen and oxygen atoms in total. The number of carboxylic acid groups (broad SMARTS) is 1. The van der Waals surface area contributed by atoms with Crippen LogP contribution in [-0.4, -0.2) is 37.9 Å². The van der Waals surface area contributed by atoms with Crippen molar-refractivity contribution < 1.29 is 9.90 Å². The molecule has 0 aliphatic carbocycles. The van der Waals surface area contributed by atoms with E-state index in [1.165, 1.54) is 6.20 Å². The molecule has 4 N–H and O–H groups in total. The van der Waals surface area contributed by atoms with Crippen LogP contribution in [0.1, 0.15) is 58.8 Å². The Hall–Kier alpha value is -2.15. The van der Waals surface area contributed by atoms with E-state index in [9.17, 15) is 9.90 Å². The molecule has 0 fully saturated rings. The molecular weight excluding hydrogens is 330 g/mol. The normalized spacial score (nSPS) is 13.5. The van der Waals surface area contributed by atoms with Gasteiger partial charge in [-0.15, -0.1) is 0 Å². The highest BCUT2D eigenvalue weighted by Crippen LogP contribution is 2.27. The van der Waals surface area contributed by atoms with Crippen molar-refractivity contribution in [3.05, 3.63) is 18.0 Å². The van der Waals surface area contributed by atoms with Crippen molar-refractivity contribution in [2.75, 3.05) is 5.32 Å². The number of carbonyl (C=O) groups is 1. The van der Waals surface area contributed by atoms with Gasteiger partial charge in [0, 0.05) is 24.8 Å². The van der Waals surface area contributed by atoms with E-state index < -0.39 is 5.97 Å². The van der Waals surface area contributed by atoms with Gasteiger partial charge < -0.3 is 16.2 Å². The lowest BCUT2D eigenvalue weighted by Crippen LogP contribution is -2.23. The number of aromatic nitrogens is 3. The predicted octanol–water partition coefficient (Wildman–Crippen LogP) is 3.60. The minimum Gasteiger partial charge on any atom is -0.478 e. The quantitative estimate of drug-likeness (QED) is 0.724. The van der Waals surface area contributed by atoms with E-state index in [4.69, 9.17) is 5.73 Å². The highest BCUT2D eigenvalue weighted by molar-refractivity contribution is 6.03. The number of nitrogens with zero attached hydrogens (tertiary/aromatic N) is 3. The predicted molar refractivity (Wildman–Crippen MR) is 107 cm³/mol. The smallest absolute Gasteiger partial charge is 0.339 e. The molecule has 0 radical (unpaired) electrons. The van der Waals surface area contributed by atoms with Gasteiger partial charge in [0.25, 0.3) is 0 Å². The Morgan fingerprint density at radius 1 is 1.19 bits per heavy atom. The molecule has 0 spiro atoms. The van der Waals surface area contributed by atoms with Crippen LogP contribution in [0.15, 0.2) is 12.4 Å². The van der Waals surface area contributed by atoms with Gasteiger partial charge in [0.1, 0.15) is 5.56 Å². The maximum absolute atomic E-state index is 11.4. The molecule has 7 heteroatoms. The summed E-state index contributed by atoms with van der Waals surface area (Å²) in [6.45, 7) is 15.1. The lowest BCUT2D eigenvalue weighted by atomic mass is 10.0. The lowest BCUT2D eigenvalue weighted by Gasteiger charge is -2.20. The van der Waals surface area contributed by atoms with Gasteiger partial charge in [0.15, 0.2) is 5.65 Å². The van der Waals surface area contributed by atoms with E-state index in [0.29, 0.717) is 35.8 Å². The molecule has 2 aromatic rings. The summed E-state index contributed by atoms with van der Waals surface area (Å²) in [5, 5.41) is 17.6. The fourth-order valence-corrected chi connectivity index (χ4v) is 1.97. The first kappa shape index (κ1) is 21.9. The van der Waals surface area contributed by atoms with Gasteiger partial charge >= 0.3 is 5.97 Å². The third-order valence-electron chi connectivity index (χ3n) is 4.62. The average molecular weight is 364 g/mol. The second kappa shape index (κ2) is 9.52. The van der Waals surface area contributed by atoms with Crippen LogP contribution in [0.3, 0.4) is 0 Å². The highest BCUT2D eigenvalue weighted by Gasteiger charge is 2.19. The fourth-order valence-electron chi connectivity index (χ4n) is 1.97. The second-order valence-corrected chi connectivity index (χ2v) is 7.33. The van der Waals surface area contributed by atoms with E-state index in [1.807, 2.05) is 20.8 Å². The molecular formula is C19H33N5O2. The zero-order valence-corrected chi connectivity index (χ0v) is 16.9. The Morgan fingerprint density at radius 3 is 2.19 bits per heavy atom. The summed E-state index contributed by atoms with van der Waals surface area (Å²) in [5.41, 5.74) is 6.92. The minimum atomic E-state index is -0.984. The molecule has 0 aromatic carbocycles. The number of anilines is 1. The van der Waals surface area contributed by atoms with Crippen molar-refractivity contribution >= 4 is 22.7 Å². The van der Waals surface area contributed by atoms with Crippen LogP contribution in [0.25, 0.3) is 11.0 Å². The van der Waals surface area contributed by atoms with Crippen LogP contribution in [0.5, 0.6) is 0 Å². The molecule has 2 heterocycles. The lowest BCUT2D eigenvalue weighted by molar-refractivity contribution is 0.0697. The van der Waals surface area contributed by atoms with E-state index in [1.54, 1.807) is 10.9 Å².